The maximum atomic E-state index is 15.6. The van der Waals surface area contributed by atoms with Gasteiger partial charge < -0.3 is 10.0 Å². The van der Waals surface area contributed by atoms with E-state index in [-0.39, 0.29) is 42.2 Å². The molecule has 1 aromatic carbocycles. The highest BCUT2D eigenvalue weighted by Gasteiger charge is 2.48. The molecule has 1 saturated carbocycles. The van der Waals surface area contributed by atoms with Crippen molar-refractivity contribution in [1.82, 2.24) is 9.55 Å². The van der Waals surface area contributed by atoms with Crippen LogP contribution in [0.1, 0.15) is 42.9 Å². The summed E-state index contributed by atoms with van der Waals surface area (Å²) in [5, 5.41) is 10.5. The van der Waals surface area contributed by atoms with Crippen molar-refractivity contribution in [2.75, 3.05) is 18.0 Å². The molecule has 2 fully saturated rings. The lowest BCUT2D eigenvalue weighted by Gasteiger charge is -2.28. The van der Waals surface area contributed by atoms with Crippen LogP contribution in [0, 0.1) is 25.6 Å². The van der Waals surface area contributed by atoms with Gasteiger partial charge in [-0.05, 0) is 38.7 Å². The standard InChI is InChI=1S/C22H24F3N3O3/c1-10-15-17(28(13-5-6-13)21(31)26-20(15)30)11(2)18(16(10)23)27-8-12-4-3-7-22(24,25)19(29)14(12)9-27/h4,13-14,19,29H,3,5-9H2,1-2H3,(H,26,30,31). The van der Waals surface area contributed by atoms with Gasteiger partial charge in [0.05, 0.1) is 16.6 Å². The van der Waals surface area contributed by atoms with E-state index in [1.54, 1.807) is 17.9 Å². The van der Waals surface area contributed by atoms with Crippen LogP contribution in [-0.2, 0) is 0 Å². The molecule has 2 heterocycles. The van der Waals surface area contributed by atoms with Crippen molar-refractivity contribution in [3.63, 3.8) is 0 Å². The molecule has 5 rings (SSSR count). The Morgan fingerprint density at radius 2 is 1.90 bits per heavy atom. The number of halogens is 3. The van der Waals surface area contributed by atoms with Gasteiger partial charge in [-0.1, -0.05) is 6.08 Å². The number of anilines is 1. The molecule has 1 aliphatic heterocycles. The first-order valence-corrected chi connectivity index (χ1v) is 10.6. The second-order valence-electron chi connectivity index (χ2n) is 9.01. The average Bonchev–Trinajstić information content (AvgIpc) is 3.46. The van der Waals surface area contributed by atoms with E-state index in [1.807, 2.05) is 0 Å². The number of nitrogens with zero attached hydrogens (tertiary/aromatic N) is 2. The number of aryl methyl sites for hydroxylation is 2. The number of rotatable bonds is 2. The van der Waals surface area contributed by atoms with E-state index in [1.165, 1.54) is 11.5 Å². The molecule has 0 radical (unpaired) electrons. The van der Waals surface area contributed by atoms with Gasteiger partial charge in [0.15, 0.2) is 5.82 Å². The largest absolute Gasteiger partial charge is 0.386 e. The summed E-state index contributed by atoms with van der Waals surface area (Å²) in [5.74, 6) is -4.60. The lowest BCUT2D eigenvalue weighted by molar-refractivity contribution is -0.124. The Hall–Kier alpha value is -2.55. The number of allylic oxidation sites excluding steroid dienone is 1. The number of fused-ring (bicyclic) bond motifs is 2. The Balaban J connectivity index is 1.70. The fraction of sp³-hybridized carbons (Fsp3) is 0.545. The summed E-state index contributed by atoms with van der Waals surface area (Å²) in [6.07, 6.45) is 1.23. The normalized spacial score (nSPS) is 25.5. The number of nitrogens with one attached hydrogen (secondary N) is 1. The minimum atomic E-state index is -3.20. The van der Waals surface area contributed by atoms with Crippen LogP contribution >= 0.6 is 0 Å². The fourth-order valence-corrected chi connectivity index (χ4v) is 5.22. The molecule has 2 N–H and O–H groups in total. The van der Waals surface area contributed by atoms with Crippen LogP contribution in [0.5, 0.6) is 0 Å². The van der Waals surface area contributed by atoms with Gasteiger partial charge in [-0.15, -0.1) is 0 Å². The van der Waals surface area contributed by atoms with Gasteiger partial charge in [-0.25, -0.2) is 18.0 Å². The van der Waals surface area contributed by atoms with Crippen molar-refractivity contribution >= 4 is 16.6 Å². The number of alkyl halides is 2. The SMILES string of the molecule is Cc1c(F)c(N2CC3=CCCC(F)(F)C(O)C3C2)c(C)c2c1c(=O)[nH]c(=O)n2C1CC1. The zero-order valence-electron chi connectivity index (χ0n) is 17.3. The second-order valence-corrected chi connectivity index (χ2v) is 9.01. The fourth-order valence-electron chi connectivity index (χ4n) is 5.22. The van der Waals surface area contributed by atoms with Crippen molar-refractivity contribution in [1.29, 1.82) is 0 Å². The molecule has 2 unspecified atom stereocenters. The van der Waals surface area contributed by atoms with E-state index in [4.69, 9.17) is 0 Å². The first kappa shape index (κ1) is 20.4. The van der Waals surface area contributed by atoms with Gasteiger partial charge in [0.25, 0.3) is 11.5 Å². The van der Waals surface area contributed by atoms with Gasteiger partial charge in [0, 0.05) is 42.6 Å². The number of aromatic amines is 1. The number of benzene rings is 1. The second kappa shape index (κ2) is 6.72. The number of aliphatic hydroxyl groups excluding tert-OH is 1. The minimum absolute atomic E-state index is 0.0438. The molecule has 166 valence electrons. The van der Waals surface area contributed by atoms with Crippen molar-refractivity contribution in [3.05, 3.63) is 49.4 Å². The molecular weight excluding hydrogens is 411 g/mol. The lowest BCUT2D eigenvalue weighted by atomic mass is 9.94. The summed E-state index contributed by atoms with van der Waals surface area (Å²) in [6, 6.07) is -0.0452. The molecule has 1 aromatic heterocycles. The Bertz CT molecular complexity index is 1240. The molecule has 0 amide bonds. The van der Waals surface area contributed by atoms with Crippen LogP contribution in [0.15, 0.2) is 21.2 Å². The van der Waals surface area contributed by atoms with Crippen molar-refractivity contribution in [2.24, 2.45) is 5.92 Å². The number of H-pyrrole nitrogens is 1. The third-order valence-corrected chi connectivity index (χ3v) is 6.96. The minimum Gasteiger partial charge on any atom is -0.386 e. The monoisotopic (exact) mass is 435 g/mol. The Morgan fingerprint density at radius 1 is 1.19 bits per heavy atom. The van der Waals surface area contributed by atoms with E-state index < -0.39 is 41.4 Å². The van der Waals surface area contributed by atoms with Gasteiger partial charge in [-0.2, -0.15) is 0 Å². The van der Waals surface area contributed by atoms with E-state index in [2.05, 4.69) is 4.98 Å². The van der Waals surface area contributed by atoms with E-state index in [0.717, 1.165) is 12.8 Å². The first-order valence-electron chi connectivity index (χ1n) is 10.6. The number of aliphatic hydroxyl groups is 1. The molecule has 6 nitrogen and oxygen atoms in total. The van der Waals surface area contributed by atoms with Crippen LogP contribution in [-0.4, -0.2) is 39.8 Å². The van der Waals surface area contributed by atoms with Crippen molar-refractivity contribution in [2.45, 2.75) is 57.6 Å². The number of aromatic nitrogens is 2. The topological polar surface area (TPSA) is 78.3 Å². The van der Waals surface area contributed by atoms with E-state index in [9.17, 15) is 23.5 Å². The maximum absolute atomic E-state index is 15.6. The Morgan fingerprint density at radius 3 is 2.58 bits per heavy atom. The van der Waals surface area contributed by atoms with E-state index >= 15 is 4.39 Å². The third-order valence-electron chi connectivity index (χ3n) is 6.96. The predicted molar refractivity (Wildman–Crippen MR) is 111 cm³/mol. The molecular formula is C22H24F3N3O3. The maximum Gasteiger partial charge on any atom is 0.329 e. The lowest BCUT2D eigenvalue weighted by Crippen LogP contribution is -2.40. The molecule has 1 saturated heterocycles. The van der Waals surface area contributed by atoms with Crippen LogP contribution in [0.4, 0.5) is 18.9 Å². The molecule has 2 aliphatic carbocycles. The van der Waals surface area contributed by atoms with Crippen LogP contribution < -0.4 is 16.1 Å². The molecule has 9 heteroatoms. The molecule has 0 spiro atoms. The summed E-state index contributed by atoms with van der Waals surface area (Å²) < 4.78 is 45.6. The van der Waals surface area contributed by atoms with Crippen LogP contribution in [0.25, 0.3) is 10.9 Å². The van der Waals surface area contributed by atoms with Gasteiger partial charge in [0.2, 0.25) is 0 Å². The van der Waals surface area contributed by atoms with Gasteiger partial charge in [0.1, 0.15) is 6.10 Å². The highest BCUT2D eigenvalue weighted by Crippen LogP contribution is 2.44. The molecule has 0 bridgehead atoms. The summed E-state index contributed by atoms with van der Waals surface area (Å²) in [7, 11) is 0. The summed E-state index contributed by atoms with van der Waals surface area (Å²) in [5.41, 5.74) is 0.680. The van der Waals surface area contributed by atoms with Crippen LogP contribution in [0.2, 0.25) is 0 Å². The summed E-state index contributed by atoms with van der Waals surface area (Å²) in [4.78, 5) is 29.0. The summed E-state index contributed by atoms with van der Waals surface area (Å²) >= 11 is 0. The molecule has 31 heavy (non-hydrogen) atoms. The van der Waals surface area contributed by atoms with E-state index in [0.29, 0.717) is 16.7 Å². The average molecular weight is 435 g/mol. The van der Waals surface area contributed by atoms with Gasteiger partial charge >= 0.3 is 5.69 Å². The summed E-state index contributed by atoms with van der Waals surface area (Å²) in [6.45, 7) is 3.42. The highest BCUT2D eigenvalue weighted by atomic mass is 19.3. The number of hydrogen-bond donors (Lipinski definition) is 2. The molecule has 2 aromatic rings. The zero-order chi connectivity index (χ0) is 22.2. The zero-order valence-corrected chi connectivity index (χ0v) is 17.3. The first-order chi connectivity index (χ1) is 14.6. The molecule has 3 aliphatic rings. The predicted octanol–water partition coefficient (Wildman–Crippen LogP) is 2.93. The Labute approximate surface area is 176 Å². The van der Waals surface area contributed by atoms with Gasteiger partial charge in [-0.3, -0.25) is 14.3 Å². The quantitative estimate of drug-likeness (QED) is 0.711. The van der Waals surface area contributed by atoms with Crippen LogP contribution in [0.3, 0.4) is 0 Å². The smallest absolute Gasteiger partial charge is 0.329 e. The molecule has 2 atom stereocenters. The van der Waals surface area contributed by atoms with Crippen molar-refractivity contribution < 1.29 is 18.3 Å². The third kappa shape index (κ3) is 2.96. The van der Waals surface area contributed by atoms with Crippen molar-refractivity contribution in [3.8, 4) is 0 Å². The Kier molecular flexibility index (Phi) is 4.41. The number of hydrogen-bond acceptors (Lipinski definition) is 4. The highest BCUT2D eigenvalue weighted by molar-refractivity contribution is 5.90.